The van der Waals surface area contributed by atoms with Gasteiger partial charge in [0.1, 0.15) is 11.3 Å². The molecule has 2 aromatic rings. The highest BCUT2D eigenvalue weighted by Crippen LogP contribution is 2.29. The number of aromatic amines is 1. The number of nitrogens with zero attached hydrogens (tertiary/aromatic N) is 1. The topological polar surface area (TPSA) is 54.9 Å². The fourth-order valence-corrected chi connectivity index (χ4v) is 4.54. The number of H-pyrrole nitrogens is 1. The number of nitrogens with one attached hydrogen (secondary N) is 1. The van der Waals surface area contributed by atoms with Crippen molar-refractivity contribution in [3.05, 3.63) is 28.5 Å². The minimum Gasteiger partial charge on any atom is -0.328 e. The van der Waals surface area contributed by atoms with Crippen LogP contribution in [0.3, 0.4) is 0 Å². The number of hydrogen-bond acceptors (Lipinski definition) is 3. The van der Waals surface area contributed by atoms with Crippen LogP contribution in [0.4, 0.5) is 8.78 Å². The Morgan fingerprint density at radius 1 is 1.37 bits per heavy atom. The predicted molar refractivity (Wildman–Crippen MR) is 69.3 cm³/mol. The van der Waals surface area contributed by atoms with E-state index < -0.39 is 21.5 Å². The summed E-state index contributed by atoms with van der Waals surface area (Å²) < 4.78 is 51.7. The number of halogens is 2. The van der Waals surface area contributed by atoms with Crippen molar-refractivity contribution in [2.75, 3.05) is 11.5 Å². The molecule has 1 aromatic carbocycles. The fraction of sp³-hybridized carbons (Fsp3) is 0.364. The molecule has 1 saturated heterocycles. The highest BCUT2D eigenvalue weighted by atomic mass is 32.2. The van der Waals surface area contributed by atoms with Gasteiger partial charge in [-0.2, -0.15) is 0 Å². The minimum absolute atomic E-state index is 0.0492. The van der Waals surface area contributed by atoms with E-state index in [9.17, 15) is 17.2 Å². The monoisotopic (exact) mass is 304 g/mol. The van der Waals surface area contributed by atoms with Crippen molar-refractivity contribution < 1.29 is 17.2 Å². The van der Waals surface area contributed by atoms with Crippen molar-refractivity contribution in [2.45, 2.75) is 12.5 Å². The Morgan fingerprint density at radius 2 is 2.11 bits per heavy atom. The van der Waals surface area contributed by atoms with Gasteiger partial charge >= 0.3 is 0 Å². The van der Waals surface area contributed by atoms with Gasteiger partial charge in [0.25, 0.3) is 0 Å². The summed E-state index contributed by atoms with van der Waals surface area (Å²) in [6.07, 6.45) is 0.404. The van der Waals surface area contributed by atoms with Crippen LogP contribution in [-0.2, 0) is 9.84 Å². The van der Waals surface area contributed by atoms with Gasteiger partial charge in [-0.25, -0.2) is 17.2 Å². The van der Waals surface area contributed by atoms with E-state index in [1.54, 1.807) is 0 Å². The number of benzene rings is 1. The SMILES string of the molecule is O=S1(=O)CCC(n2c(=S)[nH]c3c(F)cc(F)cc32)C1. The van der Waals surface area contributed by atoms with Crippen molar-refractivity contribution in [2.24, 2.45) is 0 Å². The van der Waals surface area contributed by atoms with Crippen LogP contribution >= 0.6 is 12.2 Å². The van der Waals surface area contributed by atoms with Crippen LogP contribution in [0.2, 0.25) is 0 Å². The molecule has 0 spiro atoms. The van der Waals surface area contributed by atoms with Gasteiger partial charge in [0.2, 0.25) is 0 Å². The third-order valence-electron chi connectivity index (χ3n) is 3.32. The molecule has 2 heterocycles. The summed E-state index contributed by atoms with van der Waals surface area (Å²) in [6.45, 7) is 0. The normalized spacial score (nSPS) is 22.1. The molecule has 1 atom stereocenters. The van der Waals surface area contributed by atoms with Gasteiger partial charge in [0.15, 0.2) is 20.4 Å². The minimum atomic E-state index is -3.10. The third kappa shape index (κ3) is 2.08. The van der Waals surface area contributed by atoms with E-state index in [4.69, 9.17) is 12.2 Å². The first kappa shape index (κ1) is 12.7. The number of rotatable bonds is 1. The highest BCUT2D eigenvalue weighted by molar-refractivity contribution is 7.91. The van der Waals surface area contributed by atoms with Gasteiger partial charge in [-0.3, -0.25) is 0 Å². The van der Waals surface area contributed by atoms with Crippen molar-refractivity contribution in [1.29, 1.82) is 0 Å². The van der Waals surface area contributed by atoms with Crippen molar-refractivity contribution in [3.8, 4) is 0 Å². The summed E-state index contributed by atoms with van der Waals surface area (Å²) in [6, 6.07) is 1.56. The molecule has 19 heavy (non-hydrogen) atoms. The summed E-state index contributed by atoms with van der Waals surface area (Å²) in [5.41, 5.74) is 0.375. The molecular weight excluding hydrogens is 294 g/mol. The van der Waals surface area contributed by atoms with Crippen LogP contribution in [0.5, 0.6) is 0 Å². The molecule has 0 bridgehead atoms. The highest BCUT2D eigenvalue weighted by Gasteiger charge is 2.30. The average Bonchev–Trinajstić information content (AvgIpc) is 2.78. The van der Waals surface area contributed by atoms with Gasteiger partial charge in [-0.05, 0) is 24.7 Å². The van der Waals surface area contributed by atoms with E-state index >= 15 is 0 Å². The van der Waals surface area contributed by atoms with Crippen LogP contribution in [0, 0.1) is 16.4 Å². The average molecular weight is 304 g/mol. The smallest absolute Gasteiger partial charge is 0.178 e. The van der Waals surface area contributed by atoms with Gasteiger partial charge < -0.3 is 9.55 Å². The summed E-state index contributed by atoms with van der Waals surface area (Å²) in [5, 5.41) is 0. The van der Waals surface area contributed by atoms with E-state index in [-0.39, 0.29) is 33.4 Å². The van der Waals surface area contributed by atoms with Crippen LogP contribution in [0.1, 0.15) is 12.5 Å². The van der Waals surface area contributed by atoms with Crippen LogP contribution in [0.25, 0.3) is 11.0 Å². The predicted octanol–water partition coefficient (Wildman–Crippen LogP) is 2.34. The number of hydrogen-bond donors (Lipinski definition) is 1. The Morgan fingerprint density at radius 3 is 2.74 bits per heavy atom. The first-order valence-electron chi connectivity index (χ1n) is 5.67. The number of fused-ring (bicyclic) bond motifs is 1. The molecule has 0 aliphatic carbocycles. The van der Waals surface area contributed by atoms with Gasteiger partial charge in [0, 0.05) is 6.07 Å². The largest absolute Gasteiger partial charge is 0.328 e. The maximum Gasteiger partial charge on any atom is 0.178 e. The molecule has 0 amide bonds. The molecule has 1 aliphatic rings. The molecule has 1 aliphatic heterocycles. The van der Waals surface area contributed by atoms with Crippen LogP contribution in [0.15, 0.2) is 12.1 Å². The maximum absolute atomic E-state index is 13.6. The maximum atomic E-state index is 13.6. The van der Waals surface area contributed by atoms with Crippen LogP contribution < -0.4 is 0 Å². The van der Waals surface area contributed by atoms with Crippen molar-refractivity contribution in [1.82, 2.24) is 9.55 Å². The molecule has 0 radical (unpaired) electrons. The number of aromatic nitrogens is 2. The van der Waals surface area contributed by atoms with Crippen molar-refractivity contribution in [3.63, 3.8) is 0 Å². The Kier molecular flexibility index (Phi) is 2.75. The van der Waals surface area contributed by atoms with Crippen LogP contribution in [-0.4, -0.2) is 29.5 Å². The quantitative estimate of drug-likeness (QED) is 0.823. The lowest BCUT2D eigenvalue weighted by Crippen LogP contribution is -2.11. The van der Waals surface area contributed by atoms with Gasteiger partial charge in [-0.1, -0.05) is 0 Å². The first-order chi connectivity index (χ1) is 8.87. The first-order valence-corrected chi connectivity index (χ1v) is 7.90. The molecule has 1 N–H and O–H groups in total. The lowest BCUT2D eigenvalue weighted by molar-refractivity contribution is 0.559. The second-order valence-electron chi connectivity index (χ2n) is 4.64. The number of imidazole rings is 1. The van der Waals surface area contributed by atoms with E-state index in [0.29, 0.717) is 6.42 Å². The third-order valence-corrected chi connectivity index (χ3v) is 5.37. The van der Waals surface area contributed by atoms with Gasteiger partial charge in [-0.15, -0.1) is 0 Å². The standard InChI is InChI=1S/C11H10F2N2O2S2/c12-6-3-8(13)10-9(4-6)15(11(18)14-10)7-1-2-19(16,17)5-7/h3-4,7H,1-2,5H2,(H,14,18). The zero-order valence-electron chi connectivity index (χ0n) is 9.69. The molecule has 4 nitrogen and oxygen atoms in total. The second-order valence-corrected chi connectivity index (χ2v) is 7.25. The Hall–Kier alpha value is -1.28. The summed E-state index contributed by atoms with van der Waals surface area (Å²) >= 11 is 5.09. The fourth-order valence-electron chi connectivity index (χ4n) is 2.49. The van der Waals surface area contributed by atoms with E-state index in [1.807, 2.05) is 0 Å². The second kappa shape index (κ2) is 4.11. The van der Waals surface area contributed by atoms with E-state index in [2.05, 4.69) is 4.98 Å². The molecule has 0 saturated carbocycles. The summed E-state index contributed by atoms with van der Waals surface area (Å²) in [4.78, 5) is 2.67. The summed E-state index contributed by atoms with van der Waals surface area (Å²) in [5.74, 6) is -1.43. The lowest BCUT2D eigenvalue weighted by Gasteiger charge is -2.11. The molecule has 1 fully saturated rings. The Labute approximate surface area is 113 Å². The van der Waals surface area contributed by atoms with Crippen molar-refractivity contribution >= 4 is 33.1 Å². The molecule has 8 heteroatoms. The lowest BCUT2D eigenvalue weighted by atomic mass is 10.2. The Balaban J connectivity index is 2.24. The Bertz CT molecular complexity index is 823. The van der Waals surface area contributed by atoms with E-state index in [1.165, 1.54) is 4.57 Å². The zero-order valence-corrected chi connectivity index (χ0v) is 11.3. The zero-order chi connectivity index (χ0) is 13.8. The molecular formula is C11H10F2N2O2S2. The summed E-state index contributed by atoms with van der Waals surface area (Å²) in [7, 11) is -3.10. The van der Waals surface area contributed by atoms with Gasteiger partial charge in [0.05, 0.1) is 23.1 Å². The number of sulfone groups is 1. The molecule has 3 rings (SSSR count). The molecule has 1 aromatic heterocycles. The van der Waals surface area contributed by atoms with E-state index in [0.717, 1.165) is 12.1 Å². The molecule has 1 unspecified atom stereocenters. The molecule has 102 valence electrons.